The van der Waals surface area contributed by atoms with Gasteiger partial charge in [0.2, 0.25) is 0 Å². The molecule has 0 saturated carbocycles. The zero-order valence-corrected chi connectivity index (χ0v) is 10.8. The van der Waals surface area contributed by atoms with Crippen molar-refractivity contribution in [3.63, 3.8) is 0 Å². The number of aryl methyl sites for hydroxylation is 1. The van der Waals surface area contributed by atoms with Crippen LogP contribution in [-0.4, -0.2) is 4.98 Å². The van der Waals surface area contributed by atoms with Crippen molar-refractivity contribution in [3.05, 3.63) is 35.5 Å². The average Bonchev–Trinajstić information content (AvgIpc) is 2.76. The molecule has 0 bridgehead atoms. The fraction of sp³-hybridized carbons (Fsp3) is 0.500. The summed E-state index contributed by atoms with van der Waals surface area (Å²) in [6.07, 6.45) is 6.45. The number of benzene rings is 1. The normalized spacial score (nSPS) is 18.2. The minimum Gasteiger partial charge on any atom is -0.358 e. The van der Waals surface area contributed by atoms with Crippen molar-refractivity contribution in [3.8, 4) is 0 Å². The number of rotatable bonds is 2. The maximum Gasteiger partial charge on any atom is 0.0458 e. The smallest absolute Gasteiger partial charge is 0.0458 e. The third-order valence-electron chi connectivity index (χ3n) is 4.86. The average molecular weight is 227 g/mol. The third-order valence-corrected chi connectivity index (χ3v) is 4.86. The van der Waals surface area contributed by atoms with Gasteiger partial charge in [-0.2, -0.15) is 0 Å². The Labute approximate surface area is 103 Å². The zero-order valence-electron chi connectivity index (χ0n) is 10.8. The van der Waals surface area contributed by atoms with Crippen molar-refractivity contribution in [2.75, 3.05) is 0 Å². The second-order valence-corrected chi connectivity index (χ2v) is 5.51. The van der Waals surface area contributed by atoms with E-state index >= 15 is 0 Å². The molecule has 1 aliphatic carbocycles. The molecule has 1 heterocycles. The van der Waals surface area contributed by atoms with Crippen molar-refractivity contribution < 1.29 is 0 Å². The summed E-state index contributed by atoms with van der Waals surface area (Å²) in [5.74, 6) is 0. The summed E-state index contributed by atoms with van der Waals surface area (Å²) in [6, 6.07) is 8.75. The molecule has 1 aromatic heterocycles. The van der Waals surface area contributed by atoms with Crippen molar-refractivity contribution in [1.29, 1.82) is 0 Å². The third kappa shape index (κ3) is 1.60. The topological polar surface area (TPSA) is 15.8 Å². The minimum absolute atomic E-state index is 0.554. The number of hydrogen-bond acceptors (Lipinski definition) is 0. The first kappa shape index (κ1) is 10.9. The molecule has 3 rings (SSSR count). The summed E-state index contributed by atoms with van der Waals surface area (Å²) in [7, 11) is 0. The number of fused-ring (bicyclic) bond motifs is 3. The van der Waals surface area contributed by atoms with Crippen LogP contribution in [0.3, 0.4) is 0 Å². The van der Waals surface area contributed by atoms with E-state index in [1.807, 2.05) is 0 Å². The van der Waals surface area contributed by atoms with E-state index in [-0.39, 0.29) is 0 Å². The Balaban J connectivity index is 2.11. The van der Waals surface area contributed by atoms with Gasteiger partial charge in [-0.05, 0) is 36.3 Å². The molecule has 1 heteroatoms. The van der Waals surface area contributed by atoms with E-state index in [0.29, 0.717) is 5.41 Å². The number of H-pyrrole nitrogens is 1. The Hall–Kier alpha value is -1.24. The van der Waals surface area contributed by atoms with Gasteiger partial charge in [-0.15, -0.1) is 0 Å². The van der Waals surface area contributed by atoms with E-state index < -0.39 is 0 Å². The molecule has 2 aromatic rings. The van der Waals surface area contributed by atoms with Crippen molar-refractivity contribution >= 4 is 10.9 Å². The van der Waals surface area contributed by atoms with Crippen LogP contribution in [0.25, 0.3) is 10.9 Å². The van der Waals surface area contributed by atoms with Crippen molar-refractivity contribution in [1.82, 2.24) is 4.98 Å². The highest BCUT2D eigenvalue weighted by Crippen LogP contribution is 2.42. The van der Waals surface area contributed by atoms with Gasteiger partial charge in [0.25, 0.3) is 0 Å². The van der Waals surface area contributed by atoms with Crippen LogP contribution >= 0.6 is 0 Å². The van der Waals surface area contributed by atoms with E-state index in [2.05, 4.69) is 43.1 Å². The van der Waals surface area contributed by atoms with Crippen molar-refractivity contribution in [2.24, 2.45) is 5.41 Å². The van der Waals surface area contributed by atoms with Gasteiger partial charge in [0.15, 0.2) is 0 Å². The van der Waals surface area contributed by atoms with E-state index in [9.17, 15) is 0 Å². The summed E-state index contributed by atoms with van der Waals surface area (Å²) < 4.78 is 0. The Kier molecular flexibility index (Phi) is 2.50. The van der Waals surface area contributed by atoms with Gasteiger partial charge in [-0.25, -0.2) is 0 Å². The van der Waals surface area contributed by atoms with Crippen LogP contribution in [0.4, 0.5) is 0 Å². The summed E-state index contributed by atoms with van der Waals surface area (Å²) in [5, 5.41) is 1.45. The van der Waals surface area contributed by atoms with Crippen LogP contribution in [-0.2, 0) is 12.8 Å². The van der Waals surface area contributed by atoms with Gasteiger partial charge < -0.3 is 4.98 Å². The molecule has 0 amide bonds. The summed E-state index contributed by atoms with van der Waals surface area (Å²) in [5.41, 5.74) is 4.96. The highest BCUT2D eigenvalue weighted by atomic mass is 14.7. The molecule has 0 unspecified atom stereocenters. The summed E-state index contributed by atoms with van der Waals surface area (Å²) >= 11 is 0. The molecule has 0 spiro atoms. The highest BCUT2D eigenvalue weighted by molar-refractivity contribution is 5.84. The van der Waals surface area contributed by atoms with E-state index in [1.54, 1.807) is 5.56 Å². The Morgan fingerprint density at radius 3 is 2.71 bits per heavy atom. The van der Waals surface area contributed by atoms with Crippen LogP contribution in [0, 0.1) is 5.41 Å². The number of aromatic amines is 1. The van der Waals surface area contributed by atoms with Gasteiger partial charge >= 0.3 is 0 Å². The van der Waals surface area contributed by atoms with Gasteiger partial charge in [0.05, 0.1) is 0 Å². The molecule has 0 radical (unpaired) electrons. The molecule has 0 aliphatic heterocycles. The maximum atomic E-state index is 3.60. The lowest BCUT2D eigenvalue weighted by Gasteiger charge is -2.35. The molecule has 0 saturated heterocycles. The monoisotopic (exact) mass is 227 g/mol. The molecule has 17 heavy (non-hydrogen) atoms. The number of hydrogen-bond donors (Lipinski definition) is 1. The van der Waals surface area contributed by atoms with Crippen LogP contribution in [0.2, 0.25) is 0 Å². The number of aromatic nitrogens is 1. The van der Waals surface area contributed by atoms with Crippen LogP contribution < -0.4 is 0 Å². The first-order valence-corrected chi connectivity index (χ1v) is 6.86. The fourth-order valence-electron chi connectivity index (χ4n) is 3.38. The Morgan fingerprint density at radius 1 is 1.18 bits per heavy atom. The minimum atomic E-state index is 0.554. The van der Waals surface area contributed by atoms with E-state index in [4.69, 9.17) is 0 Å². The predicted octanol–water partition coefficient (Wildman–Crippen LogP) is 4.46. The molecular weight excluding hydrogens is 206 g/mol. The molecule has 1 N–H and O–H groups in total. The number of nitrogens with one attached hydrogen (secondary N) is 1. The lowest BCUT2D eigenvalue weighted by atomic mass is 9.69. The molecule has 90 valence electrons. The largest absolute Gasteiger partial charge is 0.358 e. The van der Waals surface area contributed by atoms with Gasteiger partial charge in [0, 0.05) is 16.6 Å². The molecule has 1 aromatic carbocycles. The summed E-state index contributed by atoms with van der Waals surface area (Å²) in [6.45, 7) is 4.70. The SMILES string of the molecule is CCC1(CC)CCc2[nH]c3ccccc3c2C1. The van der Waals surface area contributed by atoms with Gasteiger partial charge in [-0.1, -0.05) is 44.9 Å². The van der Waals surface area contributed by atoms with Crippen LogP contribution in [0.5, 0.6) is 0 Å². The maximum absolute atomic E-state index is 3.60. The molecule has 0 atom stereocenters. The summed E-state index contributed by atoms with van der Waals surface area (Å²) in [4.78, 5) is 3.60. The molecule has 1 nitrogen and oxygen atoms in total. The van der Waals surface area contributed by atoms with Crippen molar-refractivity contribution in [2.45, 2.75) is 46.0 Å². The highest BCUT2D eigenvalue weighted by Gasteiger charge is 2.32. The lowest BCUT2D eigenvalue weighted by molar-refractivity contribution is 0.224. The molecule has 1 aliphatic rings. The number of para-hydroxylation sites is 1. The van der Waals surface area contributed by atoms with Gasteiger partial charge in [0.1, 0.15) is 0 Å². The van der Waals surface area contributed by atoms with Gasteiger partial charge in [-0.3, -0.25) is 0 Å². The Morgan fingerprint density at radius 2 is 1.94 bits per heavy atom. The molecule has 0 fully saturated rings. The second-order valence-electron chi connectivity index (χ2n) is 5.51. The van der Waals surface area contributed by atoms with E-state index in [1.165, 1.54) is 48.7 Å². The first-order chi connectivity index (χ1) is 8.28. The quantitative estimate of drug-likeness (QED) is 0.779. The Bertz CT molecular complexity index is 531. The standard InChI is InChI=1S/C16H21N/c1-3-16(4-2)10-9-15-13(11-16)12-7-5-6-8-14(12)17-15/h5-8,17H,3-4,9-11H2,1-2H3. The predicted molar refractivity (Wildman–Crippen MR) is 73.3 cm³/mol. The lowest BCUT2D eigenvalue weighted by Crippen LogP contribution is -2.27. The van der Waals surface area contributed by atoms with E-state index in [0.717, 1.165) is 0 Å². The van der Waals surface area contributed by atoms with Crippen LogP contribution in [0.15, 0.2) is 24.3 Å². The second kappa shape index (κ2) is 3.90. The molecular formula is C16H21N. The van der Waals surface area contributed by atoms with Crippen LogP contribution in [0.1, 0.15) is 44.4 Å². The fourth-order valence-corrected chi connectivity index (χ4v) is 3.38. The zero-order chi connectivity index (χ0) is 11.9. The first-order valence-electron chi connectivity index (χ1n) is 6.86.